The van der Waals surface area contributed by atoms with Gasteiger partial charge >= 0.3 is 0 Å². The Labute approximate surface area is 66.0 Å². The van der Waals surface area contributed by atoms with Crippen LogP contribution in [0.1, 0.15) is 0 Å². The van der Waals surface area contributed by atoms with Crippen molar-refractivity contribution in [3.8, 4) is 0 Å². The first-order chi connectivity index (χ1) is 3.41. The van der Waals surface area contributed by atoms with E-state index < -0.39 is 0 Å². The van der Waals surface area contributed by atoms with Gasteiger partial charge < -0.3 is 0 Å². The van der Waals surface area contributed by atoms with Crippen LogP contribution in [0.25, 0.3) is 0 Å². The number of hydrogen-bond acceptors (Lipinski definition) is 2. The smallest absolute Gasteiger partial charge is 0 e. The second-order valence-corrected chi connectivity index (χ2v) is 9.19. The lowest BCUT2D eigenvalue weighted by atomic mass is 30.8. The van der Waals surface area contributed by atoms with Crippen LogP contribution in [0.3, 0.4) is 0 Å². The molecule has 0 amide bonds. The molecule has 42 valence electrons. The molecule has 0 rings (SSSR count). The van der Waals surface area contributed by atoms with Gasteiger partial charge in [-0.25, -0.2) is 0 Å². The zero-order valence-corrected chi connectivity index (χ0v) is 8.57. The molecule has 0 nitrogen and oxygen atoms in total. The van der Waals surface area contributed by atoms with Crippen molar-refractivity contribution >= 4 is 66.8 Å². The maximum atomic E-state index is 4.57. The van der Waals surface area contributed by atoms with E-state index in [4.69, 9.17) is 0 Å². The van der Waals surface area contributed by atoms with E-state index in [0.717, 1.165) is 0 Å². The quantitative estimate of drug-likeness (QED) is 0.567. The van der Waals surface area contributed by atoms with Crippen molar-refractivity contribution < 1.29 is 0 Å². The third-order valence-corrected chi connectivity index (χ3v) is 9.00. The summed E-state index contributed by atoms with van der Waals surface area (Å²) in [6.07, 6.45) is 0. The van der Waals surface area contributed by atoms with Gasteiger partial charge in [0.25, 0.3) is 0 Å². The summed E-state index contributed by atoms with van der Waals surface area (Å²) in [5.41, 5.74) is 0. The van der Waals surface area contributed by atoms with Crippen LogP contribution in [0.5, 0.6) is 0 Å². The SMILES string of the molecule is S=S=S=S=S=S=S. The lowest BCUT2D eigenvalue weighted by molar-refractivity contribution is 6.06. The highest BCUT2D eigenvalue weighted by Gasteiger charge is 1.31. The molecule has 0 aromatic heterocycles. The molecule has 0 aliphatic rings. The van der Waals surface area contributed by atoms with Crippen molar-refractivity contribution in [2.75, 3.05) is 0 Å². The molecule has 0 aliphatic heterocycles. The Morgan fingerprint density at radius 2 is 1.14 bits per heavy atom. The summed E-state index contributed by atoms with van der Waals surface area (Å²) in [5.74, 6) is 0. The summed E-state index contributed by atoms with van der Waals surface area (Å²) in [7, 11) is 7.36. The Bertz CT molecular complexity index is 182. The molecule has 0 heterocycles. The Balaban J connectivity index is 4.89. The summed E-state index contributed by atoms with van der Waals surface area (Å²) < 4.78 is 0. The molecule has 0 aromatic rings. The molecule has 0 N–H and O–H groups in total. The molecule has 0 spiro atoms. The molecule has 0 saturated carbocycles. The van der Waals surface area contributed by atoms with Crippen LogP contribution in [-0.4, -0.2) is 0 Å². The molecular formula is S7. The van der Waals surface area contributed by atoms with Crippen molar-refractivity contribution in [1.29, 1.82) is 0 Å². The van der Waals surface area contributed by atoms with Gasteiger partial charge in [-0.2, -0.15) is 0 Å². The normalized spacial score (nSPS) is 6.29. The minimum absolute atomic E-state index is 1.32. The van der Waals surface area contributed by atoms with E-state index >= 15 is 0 Å². The predicted molar refractivity (Wildman–Crippen MR) is 51.6 cm³/mol. The van der Waals surface area contributed by atoms with Crippen molar-refractivity contribution in [1.82, 2.24) is 0 Å². The van der Waals surface area contributed by atoms with Gasteiger partial charge in [0.1, 0.15) is 0 Å². The Morgan fingerprint density at radius 3 is 1.43 bits per heavy atom. The zero-order chi connectivity index (χ0) is 5.54. The summed E-state index contributed by atoms with van der Waals surface area (Å²) in [4.78, 5) is 0. The van der Waals surface area contributed by atoms with E-state index in [1.54, 1.807) is 26.6 Å². The fourth-order valence-corrected chi connectivity index (χ4v) is 8.27. The highest BCUT2D eigenvalue weighted by atomic mass is 33.4. The van der Waals surface area contributed by atoms with Crippen molar-refractivity contribution in [3.63, 3.8) is 0 Å². The van der Waals surface area contributed by atoms with Gasteiger partial charge in [0.2, 0.25) is 0 Å². The predicted octanol–water partition coefficient (Wildman–Crippen LogP) is -0.0168. The van der Waals surface area contributed by atoms with Gasteiger partial charge in [0, 0.05) is 66.8 Å². The molecule has 0 atom stereocenters. The monoisotopic (exact) mass is 224 g/mol. The average molecular weight is 224 g/mol. The highest BCUT2D eigenvalue weighted by Crippen LogP contribution is 1.31. The van der Waals surface area contributed by atoms with Gasteiger partial charge in [-0.05, 0) is 0 Å². The zero-order valence-electron chi connectivity index (χ0n) is 2.86. The van der Waals surface area contributed by atoms with Gasteiger partial charge in [0.15, 0.2) is 0 Å². The van der Waals surface area contributed by atoms with Crippen molar-refractivity contribution in [2.45, 2.75) is 0 Å². The Kier molecular flexibility index (Phi) is 9.20. The minimum atomic E-state index is 1.32. The maximum absolute atomic E-state index is 4.57. The van der Waals surface area contributed by atoms with Crippen LogP contribution >= 0.6 is 0 Å². The Hall–Kier alpha value is 1.54. The van der Waals surface area contributed by atoms with Gasteiger partial charge in [0.05, 0.1) is 0 Å². The fraction of sp³-hybridized carbons (Fsp3) is 0. The van der Waals surface area contributed by atoms with Crippen LogP contribution in [-0.2, 0) is 66.8 Å². The molecule has 0 fully saturated rings. The van der Waals surface area contributed by atoms with E-state index in [2.05, 4.69) is 22.4 Å². The van der Waals surface area contributed by atoms with Crippen LogP contribution < -0.4 is 0 Å². The van der Waals surface area contributed by atoms with Crippen LogP contribution in [0.2, 0.25) is 0 Å². The minimum Gasteiger partial charge on any atom is 0 e. The molecule has 0 saturated heterocycles. The molecule has 0 aromatic carbocycles. The molecule has 0 radical (unpaired) electrons. The maximum Gasteiger partial charge on any atom is 0 e. The van der Waals surface area contributed by atoms with Gasteiger partial charge in [-0.3, -0.25) is 0 Å². The van der Waals surface area contributed by atoms with E-state index in [1.165, 1.54) is 17.8 Å². The Morgan fingerprint density at radius 1 is 0.714 bits per heavy atom. The van der Waals surface area contributed by atoms with E-state index in [9.17, 15) is 0 Å². The van der Waals surface area contributed by atoms with Gasteiger partial charge in [-0.1, -0.05) is 0 Å². The average Bonchev–Trinajstić information content (AvgIpc) is 1.69. The van der Waals surface area contributed by atoms with E-state index in [0.29, 0.717) is 0 Å². The number of hydrogen-bond donors (Lipinski definition) is 0. The van der Waals surface area contributed by atoms with Crippen molar-refractivity contribution in [2.24, 2.45) is 0 Å². The standard InChI is InChI=1S/S7/c1-3-5-7-6-4-2. The first kappa shape index (κ1) is 8.54. The molecular weight excluding hydrogens is 224 g/mol. The van der Waals surface area contributed by atoms with Crippen LogP contribution in [0.15, 0.2) is 0 Å². The van der Waals surface area contributed by atoms with Gasteiger partial charge in [-0.15, -0.1) is 0 Å². The van der Waals surface area contributed by atoms with Crippen LogP contribution in [0.4, 0.5) is 0 Å². The second kappa shape index (κ2) is 7.54. The van der Waals surface area contributed by atoms with E-state index in [1.807, 2.05) is 0 Å². The fourth-order valence-electron chi connectivity index (χ4n) is 0.0340. The lowest BCUT2D eigenvalue weighted by Crippen LogP contribution is -1.31. The molecule has 0 unspecified atom stereocenters. The third kappa shape index (κ3) is 7.54. The molecule has 7 heteroatoms. The number of rotatable bonds is 0. The van der Waals surface area contributed by atoms with Crippen molar-refractivity contribution in [3.05, 3.63) is 0 Å². The van der Waals surface area contributed by atoms with E-state index in [-0.39, 0.29) is 0 Å². The van der Waals surface area contributed by atoms with Crippen LogP contribution in [0, 0.1) is 0 Å². The summed E-state index contributed by atoms with van der Waals surface area (Å²) >= 11 is 9.14. The summed E-state index contributed by atoms with van der Waals surface area (Å²) in [6, 6.07) is 0. The molecule has 7 heavy (non-hydrogen) atoms. The summed E-state index contributed by atoms with van der Waals surface area (Å²) in [5, 5.41) is 0. The third-order valence-electron chi connectivity index (χ3n) is 0.111. The first-order valence-corrected chi connectivity index (χ1v) is 9.00. The topological polar surface area (TPSA) is 0 Å². The highest BCUT2D eigenvalue weighted by molar-refractivity contribution is 8.68. The first-order valence-electron chi connectivity index (χ1n) is 1.00. The molecule has 0 aliphatic carbocycles. The molecule has 0 bridgehead atoms. The summed E-state index contributed by atoms with van der Waals surface area (Å²) in [6.45, 7) is 0. The second-order valence-electron chi connectivity index (χ2n) is 0.340. The largest absolute Gasteiger partial charge is 0 e. The lowest BCUT2D eigenvalue weighted by Gasteiger charge is -1.31.